The standard InChI is InChI=1S/C19H30N2/c1-16(2)20-14-19(11-6-3-7-12-19)15-21-13-10-17-8-4-5-9-18(17)21/h4-5,8-9,16,20H,3,6-7,10-15H2,1-2H3. The number of anilines is 1. The molecule has 1 saturated carbocycles. The predicted molar refractivity (Wildman–Crippen MR) is 91.0 cm³/mol. The van der Waals surface area contributed by atoms with Gasteiger partial charge in [0.1, 0.15) is 0 Å². The Morgan fingerprint density at radius 2 is 1.90 bits per heavy atom. The highest BCUT2D eigenvalue weighted by atomic mass is 15.2. The molecular weight excluding hydrogens is 256 g/mol. The van der Waals surface area contributed by atoms with E-state index in [0.717, 1.165) is 0 Å². The van der Waals surface area contributed by atoms with Crippen molar-refractivity contribution >= 4 is 5.69 Å². The molecule has 0 bridgehead atoms. The molecule has 1 fully saturated rings. The van der Waals surface area contributed by atoms with E-state index in [1.807, 2.05) is 0 Å². The molecule has 0 atom stereocenters. The van der Waals surface area contributed by atoms with E-state index in [-0.39, 0.29) is 0 Å². The molecule has 0 saturated heterocycles. The van der Waals surface area contributed by atoms with Gasteiger partial charge in [-0.3, -0.25) is 0 Å². The monoisotopic (exact) mass is 286 g/mol. The number of nitrogens with zero attached hydrogens (tertiary/aromatic N) is 1. The van der Waals surface area contributed by atoms with Crippen molar-refractivity contribution in [1.29, 1.82) is 0 Å². The van der Waals surface area contributed by atoms with Gasteiger partial charge < -0.3 is 10.2 Å². The van der Waals surface area contributed by atoms with Gasteiger partial charge in [0.05, 0.1) is 0 Å². The van der Waals surface area contributed by atoms with E-state index in [1.54, 1.807) is 5.56 Å². The number of hydrogen-bond donors (Lipinski definition) is 1. The van der Waals surface area contributed by atoms with E-state index in [0.29, 0.717) is 11.5 Å². The van der Waals surface area contributed by atoms with Crippen molar-refractivity contribution in [3.63, 3.8) is 0 Å². The van der Waals surface area contributed by atoms with Gasteiger partial charge in [-0.25, -0.2) is 0 Å². The molecule has 2 heteroatoms. The first kappa shape index (κ1) is 14.9. The zero-order chi connectivity index (χ0) is 14.7. The molecule has 0 amide bonds. The lowest BCUT2D eigenvalue weighted by Crippen LogP contribution is -2.46. The van der Waals surface area contributed by atoms with Crippen LogP contribution >= 0.6 is 0 Å². The molecule has 2 nitrogen and oxygen atoms in total. The largest absolute Gasteiger partial charge is 0.370 e. The topological polar surface area (TPSA) is 15.3 Å². The fraction of sp³-hybridized carbons (Fsp3) is 0.684. The second-order valence-electron chi connectivity index (χ2n) is 7.40. The minimum Gasteiger partial charge on any atom is -0.370 e. The van der Waals surface area contributed by atoms with Crippen LogP contribution < -0.4 is 10.2 Å². The minimum absolute atomic E-state index is 0.486. The normalized spacial score (nSPS) is 20.8. The van der Waals surface area contributed by atoms with Gasteiger partial charge in [0.15, 0.2) is 0 Å². The summed E-state index contributed by atoms with van der Waals surface area (Å²) in [5.41, 5.74) is 3.52. The first-order valence-electron chi connectivity index (χ1n) is 8.75. The highest BCUT2D eigenvalue weighted by Crippen LogP contribution is 2.39. The summed E-state index contributed by atoms with van der Waals surface area (Å²) in [5.74, 6) is 0. The average molecular weight is 286 g/mol. The Bertz CT molecular complexity index is 460. The third kappa shape index (κ3) is 3.42. The van der Waals surface area contributed by atoms with Crippen LogP contribution in [0, 0.1) is 5.41 Å². The number of nitrogens with one attached hydrogen (secondary N) is 1. The molecule has 0 unspecified atom stereocenters. The first-order valence-corrected chi connectivity index (χ1v) is 8.75. The molecule has 21 heavy (non-hydrogen) atoms. The number of rotatable bonds is 5. The molecule has 2 aliphatic rings. The highest BCUT2D eigenvalue weighted by molar-refractivity contribution is 5.58. The van der Waals surface area contributed by atoms with Gasteiger partial charge in [0.2, 0.25) is 0 Å². The molecule has 1 aromatic rings. The summed E-state index contributed by atoms with van der Waals surface area (Å²) in [6.07, 6.45) is 8.27. The first-order chi connectivity index (χ1) is 10.2. The van der Waals surface area contributed by atoms with Crippen molar-refractivity contribution in [2.45, 2.75) is 58.4 Å². The molecule has 0 radical (unpaired) electrons. The quantitative estimate of drug-likeness (QED) is 0.880. The Balaban J connectivity index is 1.73. The zero-order valence-corrected chi connectivity index (χ0v) is 13.7. The van der Waals surface area contributed by atoms with Crippen LogP contribution in [-0.2, 0) is 6.42 Å². The van der Waals surface area contributed by atoms with Crippen molar-refractivity contribution < 1.29 is 0 Å². The fourth-order valence-corrected chi connectivity index (χ4v) is 4.09. The Morgan fingerprint density at radius 3 is 2.67 bits per heavy atom. The van der Waals surface area contributed by atoms with Gasteiger partial charge in [-0.1, -0.05) is 51.3 Å². The maximum atomic E-state index is 3.73. The van der Waals surface area contributed by atoms with Crippen molar-refractivity contribution in [3.8, 4) is 0 Å². The van der Waals surface area contributed by atoms with Crippen LogP contribution in [0.3, 0.4) is 0 Å². The second-order valence-corrected chi connectivity index (χ2v) is 7.40. The molecule has 116 valence electrons. The molecule has 1 aliphatic carbocycles. The van der Waals surface area contributed by atoms with E-state index < -0.39 is 0 Å². The second kappa shape index (κ2) is 6.39. The number of para-hydroxylation sites is 1. The summed E-state index contributed by atoms with van der Waals surface area (Å²) in [5, 5.41) is 3.73. The number of benzene rings is 1. The van der Waals surface area contributed by atoms with Gasteiger partial charge in [0.25, 0.3) is 0 Å². The Kier molecular flexibility index (Phi) is 4.54. The summed E-state index contributed by atoms with van der Waals surface area (Å²) in [6.45, 7) is 8.17. The molecule has 1 N–H and O–H groups in total. The van der Waals surface area contributed by atoms with E-state index in [2.05, 4.69) is 48.3 Å². The van der Waals surface area contributed by atoms with Crippen LogP contribution in [0.5, 0.6) is 0 Å². The van der Waals surface area contributed by atoms with Crippen LogP contribution in [0.2, 0.25) is 0 Å². The minimum atomic E-state index is 0.486. The van der Waals surface area contributed by atoms with Gasteiger partial charge in [0, 0.05) is 36.8 Å². The lowest BCUT2D eigenvalue weighted by molar-refractivity contribution is 0.183. The highest BCUT2D eigenvalue weighted by Gasteiger charge is 2.35. The van der Waals surface area contributed by atoms with Crippen molar-refractivity contribution in [1.82, 2.24) is 5.32 Å². The van der Waals surface area contributed by atoms with Gasteiger partial charge in [-0.05, 0) is 30.9 Å². The molecule has 1 aromatic carbocycles. The molecule has 0 spiro atoms. The maximum Gasteiger partial charge on any atom is 0.0399 e. The van der Waals surface area contributed by atoms with Gasteiger partial charge in [-0.2, -0.15) is 0 Å². The molecule has 3 rings (SSSR count). The average Bonchev–Trinajstić information content (AvgIpc) is 2.90. The summed E-state index contributed by atoms with van der Waals surface area (Å²) in [4.78, 5) is 2.66. The van der Waals surface area contributed by atoms with Crippen LogP contribution in [0.1, 0.15) is 51.5 Å². The van der Waals surface area contributed by atoms with Crippen LogP contribution in [0.15, 0.2) is 24.3 Å². The van der Waals surface area contributed by atoms with Gasteiger partial charge >= 0.3 is 0 Å². The van der Waals surface area contributed by atoms with Crippen LogP contribution in [0.25, 0.3) is 0 Å². The predicted octanol–water partition coefficient (Wildman–Crippen LogP) is 4.00. The van der Waals surface area contributed by atoms with Crippen LogP contribution in [-0.4, -0.2) is 25.7 Å². The summed E-state index contributed by atoms with van der Waals surface area (Å²) < 4.78 is 0. The third-order valence-electron chi connectivity index (χ3n) is 5.31. The van der Waals surface area contributed by atoms with E-state index in [4.69, 9.17) is 0 Å². The lowest BCUT2D eigenvalue weighted by atomic mass is 9.73. The zero-order valence-electron chi connectivity index (χ0n) is 13.7. The van der Waals surface area contributed by atoms with Gasteiger partial charge in [-0.15, -0.1) is 0 Å². The third-order valence-corrected chi connectivity index (χ3v) is 5.31. The lowest BCUT2D eigenvalue weighted by Gasteiger charge is -2.41. The summed E-state index contributed by atoms with van der Waals surface area (Å²) in [7, 11) is 0. The SMILES string of the molecule is CC(C)NCC1(CN2CCc3ccccc32)CCCCC1. The number of hydrogen-bond acceptors (Lipinski definition) is 2. The Hall–Kier alpha value is -1.02. The number of fused-ring (bicyclic) bond motifs is 1. The summed E-state index contributed by atoms with van der Waals surface area (Å²) >= 11 is 0. The molecule has 1 heterocycles. The van der Waals surface area contributed by atoms with Crippen molar-refractivity contribution in [2.75, 3.05) is 24.5 Å². The summed E-state index contributed by atoms with van der Waals surface area (Å²) in [6, 6.07) is 9.58. The van der Waals surface area contributed by atoms with Crippen molar-refractivity contribution in [3.05, 3.63) is 29.8 Å². The fourth-order valence-electron chi connectivity index (χ4n) is 4.09. The van der Waals surface area contributed by atoms with E-state index >= 15 is 0 Å². The molecule has 0 aromatic heterocycles. The maximum absolute atomic E-state index is 3.73. The van der Waals surface area contributed by atoms with E-state index in [1.165, 1.54) is 63.8 Å². The Labute approximate surface area is 129 Å². The molecular formula is C19H30N2. The smallest absolute Gasteiger partial charge is 0.0399 e. The van der Waals surface area contributed by atoms with Crippen molar-refractivity contribution in [2.24, 2.45) is 5.41 Å². The molecule has 1 aliphatic heterocycles. The van der Waals surface area contributed by atoms with Crippen LogP contribution in [0.4, 0.5) is 5.69 Å². The Morgan fingerprint density at radius 1 is 1.14 bits per heavy atom. The van der Waals surface area contributed by atoms with E-state index in [9.17, 15) is 0 Å².